The number of carbonyl (C=O) groups excluding carboxylic acids is 1. The Labute approximate surface area is 146 Å². The summed E-state index contributed by atoms with van der Waals surface area (Å²) in [7, 11) is 1.62. The van der Waals surface area contributed by atoms with Crippen LogP contribution in [0.5, 0.6) is 5.75 Å². The molecular formula is C15H10ClNO2S3. The van der Waals surface area contributed by atoms with Gasteiger partial charge in [0.2, 0.25) is 0 Å². The lowest BCUT2D eigenvalue weighted by molar-refractivity contribution is -0.115. The Kier molecular flexibility index (Phi) is 4.54. The number of methoxy groups -OCH3 is 1. The van der Waals surface area contributed by atoms with Crippen LogP contribution in [-0.2, 0) is 4.79 Å². The number of halogens is 1. The zero-order valence-corrected chi connectivity index (χ0v) is 14.6. The molecule has 0 spiro atoms. The molecule has 1 amide bonds. The fourth-order valence-electron chi connectivity index (χ4n) is 2.02. The molecule has 0 aliphatic carbocycles. The topological polar surface area (TPSA) is 38.3 Å². The maximum atomic E-state index is 11.7. The molecule has 0 unspecified atom stereocenters. The summed E-state index contributed by atoms with van der Waals surface area (Å²) >= 11 is 13.8. The maximum absolute atomic E-state index is 11.7. The highest BCUT2D eigenvalue weighted by molar-refractivity contribution is 8.26. The lowest BCUT2D eigenvalue weighted by atomic mass is 10.1. The summed E-state index contributed by atoms with van der Waals surface area (Å²) in [4.78, 5) is 13.3. The van der Waals surface area contributed by atoms with Crippen LogP contribution < -0.4 is 10.1 Å². The number of carbonyl (C=O) groups is 1. The van der Waals surface area contributed by atoms with E-state index in [0.717, 1.165) is 21.8 Å². The lowest BCUT2D eigenvalue weighted by Gasteiger charge is -2.06. The van der Waals surface area contributed by atoms with Gasteiger partial charge in [0, 0.05) is 15.5 Å². The van der Waals surface area contributed by atoms with Crippen molar-refractivity contribution in [1.82, 2.24) is 5.32 Å². The first-order valence-corrected chi connectivity index (χ1v) is 8.72. The van der Waals surface area contributed by atoms with Crippen molar-refractivity contribution in [2.75, 3.05) is 7.11 Å². The second-order valence-electron chi connectivity index (χ2n) is 4.43. The van der Waals surface area contributed by atoms with Gasteiger partial charge >= 0.3 is 0 Å². The second-order valence-corrected chi connectivity index (χ2v) is 7.53. The van der Waals surface area contributed by atoms with Crippen LogP contribution in [0.2, 0.25) is 5.02 Å². The number of amides is 1. The molecule has 1 aromatic carbocycles. The summed E-state index contributed by atoms with van der Waals surface area (Å²) in [6.07, 6.45) is 1.84. The summed E-state index contributed by atoms with van der Waals surface area (Å²) in [5, 5.41) is 5.26. The van der Waals surface area contributed by atoms with Gasteiger partial charge in [-0.3, -0.25) is 4.79 Å². The molecule has 7 heteroatoms. The van der Waals surface area contributed by atoms with E-state index in [2.05, 4.69) is 5.32 Å². The number of thioether (sulfide) groups is 1. The van der Waals surface area contributed by atoms with Crippen LogP contribution in [0, 0.1) is 0 Å². The Morgan fingerprint density at radius 2 is 2.18 bits per heavy atom. The average molecular weight is 368 g/mol. The Hall–Kier alpha value is -1.34. The SMILES string of the molecule is COc1cc(Cl)ccc1-c1csc(/C=C2\SC(=S)NC2=O)c1. The molecule has 112 valence electrons. The number of thiocarbonyl (C=S) groups is 1. The highest BCUT2D eigenvalue weighted by atomic mass is 35.5. The monoisotopic (exact) mass is 367 g/mol. The minimum Gasteiger partial charge on any atom is -0.496 e. The van der Waals surface area contributed by atoms with Crippen LogP contribution in [0.15, 0.2) is 34.6 Å². The Morgan fingerprint density at radius 1 is 1.36 bits per heavy atom. The van der Waals surface area contributed by atoms with Crippen LogP contribution >= 0.6 is 46.9 Å². The predicted octanol–water partition coefficient (Wildman–Crippen LogP) is 4.57. The second kappa shape index (κ2) is 6.42. The van der Waals surface area contributed by atoms with Gasteiger partial charge in [-0.1, -0.05) is 35.6 Å². The number of hydrogen-bond acceptors (Lipinski definition) is 5. The first-order valence-electron chi connectivity index (χ1n) is 6.24. The quantitative estimate of drug-likeness (QED) is 0.637. The Bertz CT molecular complexity index is 798. The fraction of sp³-hybridized carbons (Fsp3) is 0.0667. The summed E-state index contributed by atoms with van der Waals surface area (Å²) in [5.41, 5.74) is 1.99. The standard InChI is InChI=1S/C15H10ClNO2S3/c1-19-12-5-9(16)2-3-11(12)8-4-10(21-7-8)6-13-14(18)17-15(20)22-13/h2-7H,1H3,(H,17,18,20)/b13-6-. The van der Waals surface area contributed by atoms with E-state index >= 15 is 0 Å². The van der Waals surface area contributed by atoms with Gasteiger partial charge in [0.05, 0.1) is 12.0 Å². The smallest absolute Gasteiger partial charge is 0.263 e. The molecular weight excluding hydrogens is 358 g/mol. The van der Waals surface area contributed by atoms with Gasteiger partial charge in [0.1, 0.15) is 10.1 Å². The number of benzene rings is 1. The Balaban J connectivity index is 1.93. The van der Waals surface area contributed by atoms with E-state index in [-0.39, 0.29) is 5.91 Å². The van der Waals surface area contributed by atoms with Crippen molar-refractivity contribution in [3.8, 4) is 16.9 Å². The average Bonchev–Trinajstić information content (AvgIpc) is 3.06. The zero-order chi connectivity index (χ0) is 15.7. The molecule has 0 atom stereocenters. The van der Waals surface area contributed by atoms with Gasteiger partial charge in [-0.2, -0.15) is 0 Å². The van der Waals surface area contributed by atoms with E-state index in [1.807, 2.05) is 29.7 Å². The molecule has 1 fully saturated rings. The first kappa shape index (κ1) is 15.6. The van der Waals surface area contributed by atoms with Gasteiger partial charge in [-0.15, -0.1) is 11.3 Å². The van der Waals surface area contributed by atoms with Gasteiger partial charge in [-0.25, -0.2) is 0 Å². The van der Waals surface area contributed by atoms with Crippen molar-refractivity contribution in [2.24, 2.45) is 0 Å². The van der Waals surface area contributed by atoms with Crippen molar-refractivity contribution in [1.29, 1.82) is 0 Å². The van der Waals surface area contributed by atoms with Crippen molar-refractivity contribution in [3.05, 3.63) is 44.5 Å². The number of ether oxygens (including phenoxy) is 1. The van der Waals surface area contributed by atoms with Gasteiger partial charge in [-0.05, 0) is 41.3 Å². The minimum absolute atomic E-state index is 0.144. The number of thiophene rings is 1. The van der Waals surface area contributed by atoms with E-state index in [4.69, 9.17) is 28.6 Å². The third kappa shape index (κ3) is 3.20. The van der Waals surface area contributed by atoms with Crippen LogP contribution in [0.4, 0.5) is 0 Å². The van der Waals surface area contributed by atoms with E-state index in [9.17, 15) is 4.79 Å². The summed E-state index contributed by atoms with van der Waals surface area (Å²) in [6.45, 7) is 0. The van der Waals surface area contributed by atoms with Crippen LogP contribution in [0.3, 0.4) is 0 Å². The van der Waals surface area contributed by atoms with Gasteiger partial charge in [0.15, 0.2) is 0 Å². The molecule has 0 bridgehead atoms. The third-order valence-corrected chi connectivity index (χ3v) is 5.29. The lowest BCUT2D eigenvalue weighted by Crippen LogP contribution is -2.17. The minimum atomic E-state index is -0.144. The molecule has 2 heterocycles. The fourth-order valence-corrected chi connectivity index (χ4v) is 4.13. The van der Waals surface area contributed by atoms with Gasteiger partial charge in [0.25, 0.3) is 5.91 Å². The summed E-state index contributed by atoms with van der Waals surface area (Å²) in [5.74, 6) is 0.577. The molecule has 22 heavy (non-hydrogen) atoms. The molecule has 1 N–H and O–H groups in total. The van der Waals surface area contributed by atoms with Crippen LogP contribution in [-0.4, -0.2) is 17.3 Å². The molecule has 3 nitrogen and oxygen atoms in total. The third-order valence-electron chi connectivity index (χ3n) is 3.01. The van der Waals surface area contributed by atoms with E-state index in [1.54, 1.807) is 24.5 Å². The molecule has 1 aliphatic heterocycles. The van der Waals surface area contributed by atoms with Crippen molar-refractivity contribution in [2.45, 2.75) is 0 Å². The normalized spacial score (nSPS) is 16.2. The maximum Gasteiger partial charge on any atom is 0.263 e. The van der Waals surface area contributed by atoms with Crippen LogP contribution in [0.1, 0.15) is 4.88 Å². The highest BCUT2D eigenvalue weighted by Crippen LogP contribution is 2.36. The predicted molar refractivity (Wildman–Crippen MR) is 97.6 cm³/mol. The Morgan fingerprint density at radius 3 is 2.86 bits per heavy atom. The summed E-state index contributed by atoms with van der Waals surface area (Å²) < 4.78 is 5.87. The summed E-state index contributed by atoms with van der Waals surface area (Å²) in [6, 6.07) is 7.55. The molecule has 0 saturated carbocycles. The van der Waals surface area contributed by atoms with Crippen molar-refractivity contribution >= 4 is 63.2 Å². The van der Waals surface area contributed by atoms with Crippen molar-refractivity contribution in [3.63, 3.8) is 0 Å². The molecule has 1 saturated heterocycles. The molecule has 0 radical (unpaired) electrons. The van der Waals surface area contributed by atoms with E-state index in [1.165, 1.54) is 11.8 Å². The van der Waals surface area contributed by atoms with Crippen LogP contribution in [0.25, 0.3) is 17.2 Å². The number of nitrogens with one attached hydrogen (secondary N) is 1. The van der Waals surface area contributed by atoms with E-state index in [0.29, 0.717) is 14.2 Å². The number of rotatable bonds is 3. The highest BCUT2D eigenvalue weighted by Gasteiger charge is 2.22. The molecule has 2 aromatic rings. The number of hydrogen-bond donors (Lipinski definition) is 1. The zero-order valence-electron chi connectivity index (χ0n) is 11.4. The first-order chi connectivity index (χ1) is 10.6. The molecule has 3 rings (SSSR count). The van der Waals surface area contributed by atoms with E-state index < -0.39 is 0 Å². The van der Waals surface area contributed by atoms with Crippen molar-refractivity contribution < 1.29 is 9.53 Å². The van der Waals surface area contributed by atoms with Gasteiger partial charge < -0.3 is 10.1 Å². The largest absolute Gasteiger partial charge is 0.496 e. The molecule has 1 aliphatic rings. The molecule has 1 aromatic heterocycles.